The predicted octanol–water partition coefficient (Wildman–Crippen LogP) is 3.32. The molecule has 0 saturated heterocycles. The van der Waals surface area contributed by atoms with Crippen LogP contribution < -0.4 is 5.73 Å². The van der Waals surface area contributed by atoms with E-state index in [-0.39, 0.29) is 12.0 Å². The average molecular weight is 225 g/mol. The molecule has 2 rings (SSSR count). The van der Waals surface area contributed by atoms with Crippen molar-refractivity contribution in [2.45, 2.75) is 32.7 Å². The topological polar surface area (TPSA) is 26.0 Å². The second-order valence-electron chi connectivity index (χ2n) is 4.85. The Balaban J connectivity index is 2.28. The summed E-state index contributed by atoms with van der Waals surface area (Å²) in [5.41, 5.74) is 6.93. The molecule has 0 spiro atoms. The summed E-state index contributed by atoms with van der Waals surface area (Å²) in [6.07, 6.45) is 2.35. The number of rotatable bonds is 3. The molecule has 0 heterocycles. The van der Waals surface area contributed by atoms with Gasteiger partial charge in [0.15, 0.2) is 0 Å². The Bertz CT molecular complexity index is 399. The fourth-order valence-electron chi connectivity index (χ4n) is 2.13. The van der Waals surface area contributed by atoms with E-state index in [1.807, 2.05) is 6.92 Å². The van der Waals surface area contributed by atoms with Crippen LogP contribution in [0.5, 0.6) is 0 Å². The van der Waals surface area contributed by atoms with E-state index in [9.17, 15) is 8.78 Å². The van der Waals surface area contributed by atoms with Gasteiger partial charge in [0.2, 0.25) is 0 Å². The molecular formula is C13H17F2N. The summed E-state index contributed by atoms with van der Waals surface area (Å²) >= 11 is 0. The van der Waals surface area contributed by atoms with Gasteiger partial charge in [0.05, 0.1) is 0 Å². The SMILES string of the molecule is Cc1cc(C(N)C(C)C2CC2)c(F)cc1F. The van der Waals surface area contributed by atoms with Crippen LogP contribution in [0.4, 0.5) is 8.78 Å². The Kier molecular flexibility index (Phi) is 2.98. The van der Waals surface area contributed by atoms with Gasteiger partial charge in [-0.1, -0.05) is 6.92 Å². The molecule has 1 aliphatic rings. The van der Waals surface area contributed by atoms with Crippen LogP contribution in [0.2, 0.25) is 0 Å². The lowest BCUT2D eigenvalue weighted by molar-refractivity contribution is 0.403. The van der Waals surface area contributed by atoms with E-state index >= 15 is 0 Å². The fraction of sp³-hybridized carbons (Fsp3) is 0.538. The Labute approximate surface area is 94.7 Å². The Hall–Kier alpha value is -0.960. The van der Waals surface area contributed by atoms with Gasteiger partial charge in [0, 0.05) is 17.7 Å². The quantitative estimate of drug-likeness (QED) is 0.839. The van der Waals surface area contributed by atoms with Crippen molar-refractivity contribution >= 4 is 0 Å². The molecule has 2 unspecified atom stereocenters. The molecule has 88 valence electrons. The van der Waals surface area contributed by atoms with Gasteiger partial charge < -0.3 is 5.73 Å². The first kappa shape index (κ1) is 11.5. The molecule has 2 atom stereocenters. The lowest BCUT2D eigenvalue weighted by Gasteiger charge is -2.21. The predicted molar refractivity (Wildman–Crippen MR) is 59.9 cm³/mol. The smallest absolute Gasteiger partial charge is 0.130 e. The number of hydrogen-bond acceptors (Lipinski definition) is 1. The highest BCUT2D eigenvalue weighted by Gasteiger charge is 2.33. The second kappa shape index (κ2) is 4.13. The van der Waals surface area contributed by atoms with Crippen molar-refractivity contribution in [3.8, 4) is 0 Å². The van der Waals surface area contributed by atoms with Gasteiger partial charge in [-0.2, -0.15) is 0 Å². The molecule has 0 aliphatic heterocycles. The molecule has 0 bridgehead atoms. The minimum Gasteiger partial charge on any atom is -0.324 e. The van der Waals surface area contributed by atoms with Gasteiger partial charge in [-0.05, 0) is 43.2 Å². The summed E-state index contributed by atoms with van der Waals surface area (Å²) in [6.45, 7) is 3.67. The Morgan fingerprint density at radius 3 is 2.44 bits per heavy atom. The number of benzene rings is 1. The number of aryl methyl sites for hydroxylation is 1. The van der Waals surface area contributed by atoms with Crippen LogP contribution in [-0.2, 0) is 0 Å². The van der Waals surface area contributed by atoms with E-state index in [0.29, 0.717) is 17.0 Å². The zero-order valence-electron chi connectivity index (χ0n) is 9.63. The number of nitrogens with two attached hydrogens (primary N) is 1. The molecule has 0 radical (unpaired) electrons. The lowest BCUT2D eigenvalue weighted by atomic mass is 9.90. The van der Waals surface area contributed by atoms with Gasteiger partial charge in [-0.3, -0.25) is 0 Å². The van der Waals surface area contributed by atoms with Crippen LogP contribution in [0.3, 0.4) is 0 Å². The van der Waals surface area contributed by atoms with E-state index in [4.69, 9.17) is 5.73 Å². The van der Waals surface area contributed by atoms with Crippen molar-refractivity contribution in [1.29, 1.82) is 0 Å². The largest absolute Gasteiger partial charge is 0.324 e. The normalized spacial score (nSPS) is 19.6. The van der Waals surface area contributed by atoms with Crippen molar-refractivity contribution < 1.29 is 8.78 Å². The van der Waals surface area contributed by atoms with Crippen LogP contribution in [0.25, 0.3) is 0 Å². The molecule has 3 heteroatoms. The van der Waals surface area contributed by atoms with Gasteiger partial charge >= 0.3 is 0 Å². The van der Waals surface area contributed by atoms with E-state index < -0.39 is 11.6 Å². The summed E-state index contributed by atoms with van der Waals surface area (Å²) < 4.78 is 26.7. The van der Waals surface area contributed by atoms with Crippen molar-refractivity contribution in [2.75, 3.05) is 0 Å². The first-order chi connectivity index (χ1) is 7.50. The van der Waals surface area contributed by atoms with E-state index in [1.54, 1.807) is 6.92 Å². The number of halogens is 2. The molecule has 1 aromatic rings. The maximum absolute atomic E-state index is 13.6. The molecule has 16 heavy (non-hydrogen) atoms. The van der Waals surface area contributed by atoms with Crippen LogP contribution in [0.1, 0.15) is 36.9 Å². The third kappa shape index (κ3) is 2.09. The summed E-state index contributed by atoms with van der Waals surface area (Å²) in [7, 11) is 0. The van der Waals surface area contributed by atoms with Crippen molar-refractivity contribution in [1.82, 2.24) is 0 Å². The highest BCUT2D eigenvalue weighted by molar-refractivity contribution is 5.28. The van der Waals surface area contributed by atoms with Crippen molar-refractivity contribution in [3.05, 3.63) is 34.9 Å². The molecule has 2 N–H and O–H groups in total. The molecule has 1 saturated carbocycles. The van der Waals surface area contributed by atoms with Crippen molar-refractivity contribution in [3.63, 3.8) is 0 Å². The minimum atomic E-state index is -0.525. The van der Waals surface area contributed by atoms with Gasteiger partial charge in [0.1, 0.15) is 11.6 Å². The lowest BCUT2D eigenvalue weighted by Crippen LogP contribution is -2.22. The maximum Gasteiger partial charge on any atom is 0.130 e. The number of hydrogen-bond donors (Lipinski definition) is 1. The Morgan fingerprint density at radius 1 is 1.25 bits per heavy atom. The molecule has 0 aromatic heterocycles. The maximum atomic E-state index is 13.6. The molecule has 1 aromatic carbocycles. The molecular weight excluding hydrogens is 208 g/mol. The zero-order chi connectivity index (χ0) is 11.9. The molecule has 1 aliphatic carbocycles. The van der Waals surface area contributed by atoms with Crippen LogP contribution in [0.15, 0.2) is 12.1 Å². The van der Waals surface area contributed by atoms with Crippen LogP contribution in [-0.4, -0.2) is 0 Å². The van der Waals surface area contributed by atoms with Gasteiger partial charge in [-0.25, -0.2) is 8.78 Å². The fourth-order valence-corrected chi connectivity index (χ4v) is 2.13. The van der Waals surface area contributed by atoms with Crippen LogP contribution >= 0.6 is 0 Å². The average Bonchev–Trinajstić information content (AvgIpc) is 3.05. The summed E-state index contributed by atoms with van der Waals surface area (Å²) in [5, 5.41) is 0. The van der Waals surface area contributed by atoms with E-state index in [0.717, 1.165) is 6.07 Å². The third-order valence-electron chi connectivity index (χ3n) is 3.57. The van der Waals surface area contributed by atoms with E-state index in [2.05, 4.69) is 0 Å². The molecule has 1 nitrogen and oxygen atoms in total. The summed E-state index contributed by atoms with van der Waals surface area (Å²) in [4.78, 5) is 0. The first-order valence-electron chi connectivity index (χ1n) is 5.72. The molecule has 1 fully saturated rings. The Morgan fingerprint density at radius 2 is 1.88 bits per heavy atom. The van der Waals surface area contributed by atoms with Crippen LogP contribution in [0, 0.1) is 30.4 Å². The van der Waals surface area contributed by atoms with Gasteiger partial charge in [0.25, 0.3) is 0 Å². The minimum absolute atomic E-state index is 0.263. The van der Waals surface area contributed by atoms with E-state index in [1.165, 1.54) is 18.9 Å². The summed E-state index contributed by atoms with van der Waals surface area (Å²) in [6, 6.07) is 2.14. The van der Waals surface area contributed by atoms with Crippen molar-refractivity contribution in [2.24, 2.45) is 17.6 Å². The van der Waals surface area contributed by atoms with Gasteiger partial charge in [-0.15, -0.1) is 0 Å². The standard InChI is InChI=1S/C13H17F2N/c1-7-5-10(12(15)6-11(7)14)13(16)8(2)9-3-4-9/h5-6,8-9,13H,3-4,16H2,1-2H3. The second-order valence-corrected chi connectivity index (χ2v) is 4.85. The third-order valence-corrected chi connectivity index (χ3v) is 3.57. The molecule has 0 amide bonds. The monoisotopic (exact) mass is 225 g/mol. The first-order valence-corrected chi connectivity index (χ1v) is 5.72. The highest BCUT2D eigenvalue weighted by Crippen LogP contribution is 2.42. The highest BCUT2D eigenvalue weighted by atomic mass is 19.1. The summed E-state index contributed by atoms with van der Waals surface area (Å²) in [5.74, 6) is -0.158. The zero-order valence-corrected chi connectivity index (χ0v) is 9.63.